The van der Waals surface area contributed by atoms with Crippen molar-refractivity contribution in [2.45, 2.75) is 25.9 Å². The van der Waals surface area contributed by atoms with E-state index in [9.17, 15) is 0 Å². The maximum atomic E-state index is 5.98. The zero-order valence-corrected chi connectivity index (χ0v) is 9.33. The van der Waals surface area contributed by atoms with Crippen LogP contribution in [0.15, 0.2) is 24.3 Å². The van der Waals surface area contributed by atoms with Crippen LogP contribution in [0.2, 0.25) is 0 Å². The molecule has 2 unspecified atom stereocenters. The van der Waals surface area contributed by atoms with Crippen LogP contribution in [0, 0.1) is 11.3 Å². The van der Waals surface area contributed by atoms with Crippen molar-refractivity contribution in [3.63, 3.8) is 0 Å². The molecule has 2 rings (SSSR count). The highest BCUT2D eigenvalue weighted by molar-refractivity contribution is 6.18. The minimum absolute atomic E-state index is 0.196. The first kappa shape index (κ1) is 10.3. The summed E-state index contributed by atoms with van der Waals surface area (Å²) in [6.45, 7) is 3.22. The van der Waals surface area contributed by atoms with Gasteiger partial charge in [-0.2, -0.15) is 0 Å². The predicted octanol–water partition coefficient (Wildman–Crippen LogP) is 3.15. The van der Waals surface area contributed by atoms with Crippen molar-refractivity contribution in [3.05, 3.63) is 24.3 Å². The SMILES string of the molecule is C[C@]1(CC2CCO2)C=CC=CC1CCl. The van der Waals surface area contributed by atoms with Crippen molar-refractivity contribution < 1.29 is 4.74 Å². The number of halogens is 1. The molecule has 3 atom stereocenters. The average molecular weight is 213 g/mol. The molecule has 1 aliphatic heterocycles. The van der Waals surface area contributed by atoms with Crippen LogP contribution in [0.3, 0.4) is 0 Å². The summed E-state index contributed by atoms with van der Waals surface area (Å²) in [6, 6.07) is 0. The van der Waals surface area contributed by atoms with Gasteiger partial charge < -0.3 is 4.74 Å². The van der Waals surface area contributed by atoms with Crippen molar-refractivity contribution >= 4 is 11.6 Å². The molecule has 2 heteroatoms. The third-order valence-electron chi connectivity index (χ3n) is 3.41. The summed E-state index contributed by atoms with van der Waals surface area (Å²) in [7, 11) is 0. The molecule has 0 aromatic heterocycles. The van der Waals surface area contributed by atoms with Gasteiger partial charge >= 0.3 is 0 Å². The molecule has 1 fully saturated rings. The van der Waals surface area contributed by atoms with Crippen LogP contribution < -0.4 is 0 Å². The Balaban J connectivity index is 2.03. The largest absolute Gasteiger partial charge is 0.378 e. The lowest BCUT2D eigenvalue weighted by molar-refractivity contribution is -0.0719. The molecular weight excluding hydrogens is 196 g/mol. The van der Waals surface area contributed by atoms with Gasteiger partial charge in [0.1, 0.15) is 0 Å². The van der Waals surface area contributed by atoms with Crippen molar-refractivity contribution in [1.29, 1.82) is 0 Å². The molecular formula is C12H17ClO. The van der Waals surface area contributed by atoms with Gasteiger partial charge in [-0.15, -0.1) is 11.6 Å². The molecule has 1 heterocycles. The van der Waals surface area contributed by atoms with Crippen LogP contribution in [0.5, 0.6) is 0 Å². The number of ether oxygens (including phenoxy) is 1. The van der Waals surface area contributed by atoms with E-state index in [0.717, 1.165) is 13.0 Å². The van der Waals surface area contributed by atoms with E-state index in [1.165, 1.54) is 6.42 Å². The second kappa shape index (κ2) is 4.08. The molecule has 0 N–H and O–H groups in total. The molecule has 1 saturated heterocycles. The summed E-state index contributed by atoms with van der Waals surface area (Å²) in [4.78, 5) is 0. The topological polar surface area (TPSA) is 9.23 Å². The molecule has 2 aliphatic rings. The van der Waals surface area contributed by atoms with Crippen molar-refractivity contribution in [3.8, 4) is 0 Å². The number of alkyl halides is 1. The molecule has 1 aliphatic carbocycles. The lowest BCUT2D eigenvalue weighted by Crippen LogP contribution is -2.37. The Kier molecular flexibility index (Phi) is 2.99. The Hall–Kier alpha value is -0.270. The summed E-state index contributed by atoms with van der Waals surface area (Å²) in [5.41, 5.74) is 0.196. The van der Waals surface area contributed by atoms with Gasteiger partial charge in [-0.1, -0.05) is 31.2 Å². The van der Waals surface area contributed by atoms with Gasteiger partial charge in [0.2, 0.25) is 0 Å². The van der Waals surface area contributed by atoms with Gasteiger partial charge in [0, 0.05) is 12.5 Å². The first-order valence-electron chi connectivity index (χ1n) is 5.28. The normalized spacial score (nSPS) is 41.0. The van der Waals surface area contributed by atoms with Gasteiger partial charge in [-0.25, -0.2) is 0 Å². The fourth-order valence-corrected chi connectivity index (χ4v) is 2.66. The second-order valence-corrected chi connectivity index (χ2v) is 4.80. The second-order valence-electron chi connectivity index (χ2n) is 4.50. The molecule has 0 spiro atoms. The van der Waals surface area contributed by atoms with E-state index >= 15 is 0 Å². The van der Waals surface area contributed by atoms with E-state index in [4.69, 9.17) is 16.3 Å². The van der Waals surface area contributed by atoms with Gasteiger partial charge in [0.25, 0.3) is 0 Å². The third-order valence-corrected chi connectivity index (χ3v) is 3.74. The third kappa shape index (κ3) is 1.89. The smallest absolute Gasteiger partial charge is 0.0605 e. The highest BCUT2D eigenvalue weighted by Gasteiger charge is 2.35. The fraction of sp³-hybridized carbons (Fsp3) is 0.667. The van der Waals surface area contributed by atoms with Crippen LogP contribution in [0.25, 0.3) is 0 Å². The van der Waals surface area contributed by atoms with E-state index in [0.29, 0.717) is 17.9 Å². The maximum Gasteiger partial charge on any atom is 0.0605 e. The van der Waals surface area contributed by atoms with Gasteiger partial charge in [0.05, 0.1) is 6.10 Å². The van der Waals surface area contributed by atoms with Gasteiger partial charge in [-0.3, -0.25) is 0 Å². The fourth-order valence-electron chi connectivity index (χ4n) is 2.20. The summed E-state index contributed by atoms with van der Waals surface area (Å²) in [5.74, 6) is 1.16. The molecule has 1 nitrogen and oxygen atoms in total. The van der Waals surface area contributed by atoms with E-state index < -0.39 is 0 Å². The Morgan fingerprint density at radius 1 is 1.50 bits per heavy atom. The van der Waals surface area contributed by atoms with Crippen molar-refractivity contribution in [1.82, 2.24) is 0 Å². The first-order valence-corrected chi connectivity index (χ1v) is 5.82. The summed E-state index contributed by atoms with van der Waals surface area (Å²) in [5, 5.41) is 0. The van der Waals surface area contributed by atoms with Crippen LogP contribution in [-0.2, 0) is 4.74 Å². The first-order chi connectivity index (χ1) is 6.74. The maximum absolute atomic E-state index is 5.98. The number of hydrogen-bond acceptors (Lipinski definition) is 1. The Morgan fingerprint density at radius 2 is 2.29 bits per heavy atom. The molecule has 0 bridgehead atoms. The van der Waals surface area contributed by atoms with Crippen LogP contribution in [-0.4, -0.2) is 18.6 Å². The van der Waals surface area contributed by atoms with Crippen LogP contribution >= 0.6 is 11.6 Å². The molecule has 78 valence electrons. The summed E-state index contributed by atoms with van der Waals surface area (Å²) < 4.78 is 5.49. The summed E-state index contributed by atoms with van der Waals surface area (Å²) in [6.07, 6.45) is 11.5. The average Bonchev–Trinajstić information content (AvgIpc) is 2.13. The summed E-state index contributed by atoms with van der Waals surface area (Å²) >= 11 is 5.98. The minimum Gasteiger partial charge on any atom is -0.378 e. The van der Waals surface area contributed by atoms with E-state index in [-0.39, 0.29) is 5.41 Å². The van der Waals surface area contributed by atoms with Crippen molar-refractivity contribution in [2.24, 2.45) is 11.3 Å². The molecule has 0 radical (unpaired) electrons. The Bertz CT molecular complexity index is 255. The predicted molar refractivity (Wildman–Crippen MR) is 59.6 cm³/mol. The zero-order chi connectivity index (χ0) is 10.0. The highest BCUT2D eigenvalue weighted by atomic mass is 35.5. The van der Waals surface area contributed by atoms with E-state index in [1.807, 2.05) is 0 Å². The lowest BCUT2D eigenvalue weighted by Gasteiger charge is -2.39. The molecule has 0 aromatic rings. The van der Waals surface area contributed by atoms with Crippen LogP contribution in [0.1, 0.15) is 19.8 Å². The minimum atomic E-state index is 0.196. The van der Waals surface area contributed by atoms with E-state index in [2.05, 4.69) is 31.2 Å². The highest BCUT2D eigenvalue weighted by Crippen LogP contribution is 2.40. The zero-order valence-electron chi connectivity index (χ0n) is 8.58. The van der Waals surface area contributed by atoms with Crippen molar-refractivity contribution in [2.75, 3.05) is 12.5 Å². The van der Waals surface area contributed by atoms with Crippen LogP contribution in [0.4, 0.5) is 0 Å². The van der Waals surface area contributed by atoms with Gasteiger partial charge in [0.15, 0.2) is 0 Å². The number of rotatable bonds is 3. The number of allylic oxidation sites excluding steroid dienone is 4. The monoisotopic (exact) mass is 212 g/mol. The lowest BCUT2D eigenvalue weighted by atomic mass is 9.71. The Morgan fingerprint density at radius 3 is 2.86 bits per heavy atom. The molecule has 0 saturated carbocycles. The Labute approximate surface area is 90.8 Å². The molecule has 0 amide bonds. The standard InChI is InChI=1S/C12H17ClO/c1-12(8-11-5-7-14-11)6-3-2-4-10(12)9-13/h2-4,6,10-11H,5,7-9H2,1H3/t10?,11?,12-/m1/s1. The molecule has 0 aromatic carbocycles. The molecule has 14 heavy (non-hydrogen) atoms. The van der Waals surface area contributed by atoms with E-state index in [1.54, 1.807) is 0 Å². The van der Waals surface area contributed by atoms with Gasteiger partial charge in [-0.05, 0) is 24.2 Å². The quantitative estimate of drug-likeness (QED) is 0.654. The number of hydrogen-bond donors (Lipinski definition) is 0.